The largest absolute Gasteiger partial charge is 0.394 e. The molecule has 2 atom stereocenters. The van der Waals surface area contributed by atoms with E-state index in [1.807, 2.05) is 35.7 Å². The quantitative estimate of drug-likeness (QED) is 0.820. The van der Waals surface area contributed by atoms with Crippen LogP contribution >= 0.6 is 23.5 Å². The lowest BCUT2D eigenvalue weighted by Crippen LogP contribution is -2.28. The minimum Gasteiger partial charge on any atom is -0.394 e. The molecule has 1 heterocycles. The average molecular weight is 332 g/mol. The van der Waals surface area contributed by atoms with Gasteiger partial charge in [-0.2, -0.15) is 0 Å². The second-order valence-electron chi connectivity index (χ2n) is 5.43. The molecule has 1 N–H and O–H groups in total. The lowest BCUT2D eigenvalue weighted by atomic mass is 10.2. The fourth-order valence-electron chi connectivity index (χ4n) is 2.68. The molecule has 22 heavy (non-hydrogen) atoms. The van der Waals surface area contributed by atoms with E-state index in [-0.39, 0.29) is 22.9 Å². The second kappa shape index (κ2) is 7.09. The molecule has 2 aromatic carbocycles. The van der Waals surface area contributed by atoms with Crippen molar-refractivity contribution in [3.8, 4) is 0 Å². The number of ether oxygens (including phenoxy) is 1. The van der Waals surface area contributed by atoms with E-state index in [4.69, 9.17) is 4.74 Å². The predicted molar refractivity (Wildman–Crippen MR) is 93.4 cm³/mol. The number of hydrogen-bond donors (Lipinski definition) is 1. The van der Waals surface area contributed by atoms with Crippen LogP contribution in [0.25, 0.3) is 0 Å². The molecule has 3 rings (SSSR count). The van der Waals surface area contributed by atoms with E-state index in [0.717, 1.165) is 6.42 Å². The van der Waals surface area contributed by atoms with E-state index in [1.54, 1.807) is 0 Å². The van der Waals surface area contributed by atoms with Crippen LogP contribution in [0.2, 0.25) is 0 Å². The van der Waals surface area contributed by atoms with Gasteiger partial charge in [0.2, 0.25) is 0 Å². The van der Waals surface area contributed by atoms with Crippen molar-refractivity contribution in [1.82, 2.24) is 0 Å². The van der Waals surface area contributed by atoms with Gasteiger partial charge in [0, 0.05) is 16.2 Å². The van der Waals surface area contributed by atoms with Gasteiger partial charge in [-0.15, -0.1) is 23.5 Å². The third-order valence-electron chi connectivity index (χ3n) is 3.80. The maximum atomic E-state index is 9.50. The van der Waals surface area contributed by atoms with Gasteiger partial charge in [0.25, 0.3) is 0 Å². The van der Waals surface area contributed by atoms with Crippen LogP contribution in [0, 0.1) is 0 Å². The molecule has 4 heteroatoms. The van der Waals surface area contributed by atoms with Crippen molar-refractivity contribution < 1.29 is 9.84 Å². The highest BCUT2D eigenvalue weighted by molar-refractivity contribution is 8.18. The highest BCUT2D eigenvalue weighted by Crippen LogP contribution is 2.55. The van der Waals surface area contributed by atoms with E-state index in [9.17, 15) is 5.11 Å². The summed E-state index contributed by atoms with van der Waals surface area (Å²) in [5, 5.41) is 9.50. The van der Waals surface area contributed by atoms with Gasteiger partial charge in [-0.25, -0.2) is 0 Å². The Labute approximate surface area is 140 Å². The molecule has 116 valence electrons. The number of aliphatic hydroxyl groups is 1. The van der Waals surface area contributed by atoms with Crippen LogP contribution in [-0.2, 0) is 4.74 Å². The van der Waals surface area contributed by atoms with Gasteiger partial charge >= 0.3 is 0 Å². The lowest BCUT2D eigenvalue weighted by molar-refractivity contribution is 0.0194. The number of aliphatic hydroxyl groups excluding tert-OH is 1. The van der Waals surface area contributed by atoms with Gasteiger partial charge < -0.3 is 9.84 Å². The van der Waals surface area contributed by atoms with E-state index in [1.165, 1.54) is 9.79 Å². The molecule has 0 saturated carbocycles. The van der Waals surface area contributed by atoms with Crippen LogP contribution in [0.1, 0.15) is 13.3 Å². The van der Waals surface area contributed by atoms with Gasteiger partial charge in [-0.05, 0) is 31.2 Å². The van der Waals surface area contributed by atoms with Crippen molar-refractivity contribution in [3.63, 3.8) is 0 Å². The van der Waals surface area contributed by atoms with Crippen molar-refractivity contribution in [1.29, 1.82) is 0 Å². The summed E-state index contributed by atoms with van der Waals surface area (Å²) in [6, 6.07) is 20.9. The van der Waals surface area contributed by atoms with Crippen molar-refractivity contribution in [2.45, 2.75) is 39.4 Å². The Morgan fingerprint density at radius 2 is 1.50 bits per heavy atom. The van der Waals surface area contributed by atoms with Crippen LogP contribution < -0.4 is 0 Å². The smallest absolute Gasteiger partial charge is 0.0987 e. The molecule has 0 amide bonds. The summed E-state index contributed by atoms with van der Waals surface area (Å²) < 4.78 is 5.86. The normalized spacial score (nSPS) is 23.5. The Morgan fingerprint density at radius 3 is 1.91 bits per heavy atom. The first-order chi connectivity index (χ1) is 10.7. The summed E-state index contributed by atoms with van der Waals surface area (Å²) in [4.78, 5) is 2.47. The average Bonchev–Trinajstić information content (AvgIpc) is 2.85. The van der Waals surface area contributed by atoms with Gasteiger partial charge in [-0.3, -0.25) is 0 Å². The zero-order chi connectivity index (χ0) is 15.4. The summed E-state index contributed by atoms with van der Waals surface area (Å²) in [6.45, 7) is 2.19. The first kappa shape index (κ1) is 15.9. The number of hydrogen-bond acceptors (Lipinski definition) is 4. The maximum Gasteiger partial charge on any atom is 0.0987 e. The molecule has 0 aliphatic carbocycles. The van der Waals surface area contributed by atoms with Crippen molar-refractivity contribution in [2.75, 3.05) is 6.61 Å². The van der Waals surface area contributed by atoms with Gasteiger partial charge in [-0.1, -0.05) is 36.4 Å². The Kier molecular flexibility index (Phi) is 5.14. The fraction of sp³-hybridized carbons (Fsp3) is 0.333. The van der Waals surface area contributed by atoms with E-state index >= 15 is 0 Å². The maximum absolute atomic E-state index is 9.50. The molecular formula is C18H20O2S2. The fourth-order valence-corrected chi connectivity index (χ4v) is 5.79. The minimum absolute atomic E-state index is 0.0695. The molecule has 0 radical (unpaired) electrons. The zero-order valence-electron chi connectivity index (χ0n) is 12.5. The number of benzene rings is 2. The summed E-state index contributed by atoms with van der Waals surface area (Å²) in [5.74, 6) is 0. The topological polar surface area (TPSA) is 29.5 Å². The highest BCUT2D eigenvalue weighted by Gasteiger charge is 2.47. The predicted octanol–water partition coefficient (Wildman–Crippen LogP) is 4.44. The van der Waals surface area contributed by atoms with Crippen LogP contribution in [-0.4, -0.2) is 28.0 Å². The summed E-state index contributed by atoms with van der Waals surface area (Å²) in [5.41, 5.74) is 0. The number of thioether (sulfide) groups is 2. The first-order valence-corrected chi connectivity index (χ1v) is 9.09. The lowest BCUT2D eigenvalue weighted by Gasteiger charge is -2.31. The Hall–Kier alpha value is -0.940. The number of rotatable bonds is 5. The monoisotopic (exact) mass is 332 g/mol. The molecule has 1 saturated heterocycles. The SMILES string of the molecule is CC1O[C@H](CO)CC1(Sc1ccccc1)Sc1ccccc1. The second-order valence-corrected chi connectivity index (χ2v) is 8.50. The molecule has 1 aliphatic heterocycles. The molecule has 2 nitrogen and oxygen atoms in total. The molecule has 0 spiro atoms. The van der Waals surface area contributed by atoms with Crippen LogP contribution in [0.4, 0.5) is 0 Å². The summed E-state index contributed by atoms with van der Waals surface area (Å²) >= 11 is 3.70. The van der Waals surface area contributed by atoms with E-state index in [0.29, 0.717) is 0 Å². The van der Waals surface area contributed by atoms with Crippen LogP contribution in [0.5, 0.6) is 0 Å². The summed E-state index contributed by atoms with van der Waals surface area (Å²) in [6.07, 6.45) is 0.826. The van der Waals surface area contributed by atoms with Gasteiger partial charge in [0.15, 0.2) is 0 Å². The Morgan fingerprint density at radius 1 is 1.00 bits per heavy atom. The zero-order valence-corrected chi connectivity index (χ0v) is 14.1. The van der Waals surface area contributed by atoms with Crippen molar-refractivity contribution in [3.05, 3.63) is 60.7 Å². The first-order valence-electron chi connectivity index (χ1n) is 7.46. The molecule has 1 unspecified atom stereocenters. The molecule has 0 aromatic heterocycles. The van der Waals surface area contributed by atoms with E-state index in [2.05, 4.69) is 55.5 Å². The molecule has 1 fully saturated rings. The van der Waals surface area contributed by atoms with Crippen molar-refractivity contribution >= 4 is 23.5 Å². The standard InChI is InChI=1S/C18H20O2S2/c1-14-18(12-15(13-19)20-14,21-16-8-4-2-5-9-16)22-17-10-6-3-7-11-17/h2-11,14-15,19H,12-13H2,1H3/t14?,15-/m0/s1. The molecule has 0 bridgehead atoms. The molecule has 2 aromatic rings. The van der Waals surface area contributed by atoms with Crippen LogP contribution in [0.3, 0.4) is 0 Å². The summed E-state index contributed by atoms with van der Waals surface area (Å²) in [7, 11) is 0. The Balaban J connectivity index is 1.88. The van der Waals surface area contributed by atoms with Crippen molar-refractivity contribution in [2.24, 2.45) is 0 Å². The molecular weight excluding hydrogens is 312 g/mol. The highest BCUT2D eigenvalue weighted by atomic mass is 32.2. The Bertz CT molecular complexity index is 547. The van der Waals surface area contributed by atoms with Gasteiger partial charge in [0.1, 0.15) is 0 Å². The third-order valence-corrected chi connectivity index (χ3v) is 7.00. The van der Waals surface area contributed by atoms with Crippen LogP contribution in [0.15, 0.2) is 70.5 Å². The van der Waals surface area contributed by atoms with Gasteiger partial charge in [0.05, 0.1) is 22.9 Å². The van der Waals surface area contributed by atoms with E-state index < -0.39 is 0 Å². The minimum atomic E-state index is -0.115. The third kappa shape index (κ3) is 3.51. The molecule has 1 aliphatic rings.